The van der Waals surface area contributed by atoms with E-state index in [4.69, 9.17) is 10.2 Å². The van der Waals surface area contributed by atoms with Crippen molar-refractivity contribution in [3.8, 4) is 0 Å². The van der Waals surface area contributed by atoms with Gasteiger partial charge in [0.25, 0.3) is 0 Å². The third-order valence-electron chi connectivity index (χ3n) is 2.32. The molecule has 0 aromatic heterocycles. The van der Waals surface area contributed by atoms with Crippen molar-refractivity contribution in [1.29, 1.82) is 0 Å². The summed E-state index contributed by atoms with van der Waals surface area (Å²) >= 11 is 0. The van der Waals surface area contributed by atoms with Crippen molar-refractivity contribution in [1.82, 2.24) is 5.32 Å². The largest absolute Gasteiger partial charge is 0.394 e. The molecular weight excluding hydrogens is 206 g/mol. The molecule has 0 amide bonds. The van der Waals surface area contributed by atoms with Crippen molar-refractivity contribution in [2.45, 2.75) is 25.0 Å². The Morgan fingerprint density at radius 1 is 1.50 bits per heavy atom. The second-order valence-electron chi connectivity index (χ2n) is 3.70. The second kappa shape index (κ2) is 5.06. The number of aliphatic hydroxyl groups excluding tert-OH is 2. The molecule has 0 radical (unpaired) electrons. The maximum atomic E-state index is 11.2. The van der Waals surface area contributed by atoms with Crippen molar-refractivity contribution < 1.29 is 18.6 Å². The van der Waals surface area contributed by atoms with Gasteiger partial charge in [-0.05, 0) is 12.8 Å². The molecule has 3 N–H and O–H groups in total. The second-order valence-corrected chi connectivity index (χ2v) is 5.93. The van der Waals surface area contributed by atoms with E-state index in [0.717, 1.165) is 6.42 Å². The standard InChI is InChI=1S/C8H17NO4S/c10-5-8(11)4-9-7-2-1-3-14(12,13)6-7/h7-11H,1-6H2/t7?,8-/m0/s1. The first-order valence-corrected chi connectivity index (χ1v) is 6.58. The molecule has 5 nitrogen and oxygen atoms in total. The van der Waals surface area contributed by atoms with Gasteiger partial charge in [-0.3, -0.25) is 0 Å². The van der Waals surface area contributed by atoms with Gasteiger partial charge < -0.3 is 15.5 Å². The summed E-state index contributed by atoms with van der Waals surface area (Å²) in [5.41, 5.74) is 0. The van der Waals surface area contributed by atoms with E-state index in [1.807, 2.05) is 0 Å². The predicted molar refractivity (Wildman–Crippen MR) is 52.8 cm³/mol. The Kier molecular flexibility index (Phi) is 4.31. The lowest BCUT2D eigenvalue weighted by molar-refractivity contribution is 0.0920. The summed E-state index contributed by atoms with van der Waals surface area (Å²) in [5, 5.41) is 20.6. The highest BCUT2D eigenvalue weighted by molar-refractivity contribution is 7.91. The van der Waals surface area contributed by atoms with Crippen LogP contribution in [0.4, 0.5) is 0 Å². The average Bonchev–Trinajstić information content (AvgIpc) is 2.12. The summed E-state index contributed by atoms with van der Waals surface area (Å²) in [6, 6.07) is -0.0741. The van der Waals surface area contributed by atoms with E-state index in [1.165, 1.54) is 0 Å². The molecule has 0 aromatic rings. The summed E-state index contributed by atoms with van der Waals surface area (Å²) in [4.78, 5) is 0. The minimum Gasteiger partial charge on any atom is -0.394 e. The summed E-state index contributed by atoms with van der Waals surface area (Å²) in [6.07, 6.45) is 0.687. The lowest BCUT2D eigenvalue weighted by atomic mass is 10.2. The van der Waals surface area contributed by atoms with Gasteiger partial charge in [-0.15, -0.1) is 0 Å². The highest BCUT2D eigenvalue weighted by atomic mass is 32.2. The summed E-state index contributed by atoms with van der Waals surface area (Å²) in [7, 11) is -2.89. The highest BCUT2D eigenvalue weighted by Gasteiger charge is 2.24. The molecule has 1 unspecified atom stereocenters. The number of rotatable bonds is 4. The molecule has 6 heteroatoms. The molecule has 1 fully saturated rings. The van der Waals surface area contributed by atoms with Gasteiger partial charge in [-0.1, -0.05) is 0 Å². The van der Waals surface area contributed by atoms with E-state index in [9.17, 15) is 8.42 Å². The van der Waals surface area contributed by atoms with Crippen LogP contribution in [0.2, 0.25) is 0 Å². The molecule has 0 aliphatic carbocycles. The minimum absolute atomic E-state index is 0.0741. The van der Waals surface area contributed by atoms with Crippen molar-refractivity contribution >= 4 is 9.84 Å². The Balaban J connectivity index is 2.31. The molecule has 2 atom stereocenters. The van der Waals surface area contributed by atoms with Crippen LogP contribution in [-0.4, -0.2) is 55.4 Å². The van der Waals surface area contributed by atoms with Gasteiger partial charge in [0.1, 0.15) is 0 Å². The van der Waals surface area contributed by atoms with Crippen LogP contribution in [0.1, 0.15) is 12.8 Å². The summed E-state index contributed by atoms with van der Waals surface area (Å²) < 4.78 is 22.4. The average molecular weight is 223 g/mol. The number of sulfone groups is 1. The van der Waals surface area contributed by atoms with Gasteiger partial charge in [0, 0.05) is 12.6 Å². The zero-order valence-corrected chi connectivity index (χ0v) is 8.83. The lowest BCUT2D eigenvalue weighted by Crippen LogP contribution is -2.43. The SMILES string of the molecule is O=S1(=O)CCCC(NC[C@H](O)CO)C1. The van der Waals surface area contributed by atoms with E-state index >= 15 is 0 Å². The molecule has 0 bridgehead atoms. The van der Waals surface area contributed by atoms with Crippen LogP contribution in [0, 0.1) is 0 Å². The maximum Gasteiger partial charge on any atom is 0.151 e. The van der Waals surface area contributed by atoms with E-state index in [-0.39, 0.29) is 30.7 Å². The number of hydrogen-bond acceptors (Lipinski definition) is 5. The van der Waals surface area contributed by atoms with E-state index in [0.29, 0.717) is 6.42 Å². The van der Waals surface area contributed by atoms with Gasteiger partial charge in [0.2, 0.25) is 0 Å². The van der Waals surface area contributed by atoms with E-state index in [2.05, 4.69) is 5.32 Å². The molecule has 0 aromatic carbocycles. The van der Waals surface area contributed by atoms with Crippen molar-refractivity contribution in [3.63, 3.8) is 0 Å². The van der Waals surface area contributed by atoms with Crippen LogP contribution in [-0.2, 0) is 9.84 Å². The van der Waals surface area contributed by atoms with Gasteiger partial charge in [0.15, 0.2) is 9.84 Å². The molecule has 1 aliphatic heterocycles. The minimum atomic E-state index is -2.89. The first kappa shape index (κ1) is 11.9. The van der Waals surface area contributed by atoms with Gasteiger partial charge in [0.05, 0.1) is 24.2 Å². The van der Waals surface area contributed by atoms with Crippen LogP contribution in [0.15, 0.2) is 0 Å². The molecule has 1 rings (SSSR count). The van der Waals surface area contributed by atoms with E-state index in [1.54, 1.807) is 0 Å². The van der Waals surface area contributed by atoms with Gasteiger partial charge in [-0.25, -0.2) is 8.42 Å². The number of nitrogens with one attached hydrogen (secondary N) is 1. The quantitative estimate of drug-likeness (QED) is 0.540. The number of hydrogen-bond donors (Lipinski definition) is 3. The Morgan fingerprint density at radius 3 is 2.79 bits per heavy atom. The van der Waals surface area contributed by atoms with Crippen LogP contribution < -0.4 is 5.32 Å². The fourth-order valence-electron chi connectivity index (χ4n) is 1.55. The maximum absolute atomic E-state index is 11.2. The zero-order valence-electron chi connectivity index (χ0n) is 8.02. The first-order valence-electron chi connectivity index (χ1n) is 4.76. The molecule has 0 saturated carbocycles. The van der Waals surface area contributed by atoms with Crippen LogP contribution in [0.5, 0.6) is 0 Å². The molecule has 1 aliphatic rings. The molecule has 1 saturated heterocycles. The van der Waals surface area contributed by atoms with Crippen molar-refractivity contribution in [2.75, 3.05) is 24.7 Å². The van der Waals surface area contributed by atoms with Gasteiger partial charge in [-0.2, -0.15) is 0 Å². The van der Waals surface area contributed by atoms with Crippen LogP contribution in [0.25, 0.3) is 0 Å². The molecule has 0 spiro atoms. The molecule has 14 heavy (non-hydrogen) atoms. The van der Waals surface area contributed by atoms with Crippen LogP contribution in [0.3, 0.4) is 0 Å². The van der Waals surface area contributed by atoms with Crippen molar-refractivity contribution in [2.24, 2.45) is 0 Å². The third kappa shape index (κ3) is 3.91. The predicted octanol–water partition coefficient (Wildman–Crippen LogP) is -1.49. The number of aliphatic hydroxyl groups is 2. The molecule has 84 valence electrons. The molecule has 1 heterocycles. The highest BCUT2D eigenvalue weighted by Crippen LogP contribution is 2.11. The Bertz CT molecular complexity index is 265. The Hall–Kier alpha value is -0.170. The van der Waals surface area contributed by atoms with Gasteiger partial charge >= 0.3 is 0 Å². The topological polar surface area (TPSA) is 86.6 Å². The summed E-state index contributed by atoms with van der Waals surface area (Å²) in [5.74, 6) is 0.416. The molecular formula is C8H17NO4S. The van der Waals surface area contributed by atoms with E-state index < -0.39 is 15.9 Å². The normalized spacial score (nSPS) is 28.6. The summed E-state index contributed by atoms with van der Waals surface area (Å²) in [6.45, 7) is -0.0524. The fraction of sp³-hybridized carbons (Fsp3) is 1.00. The monoisotopic (exact) mass is 223 g/mol. The first-order chi connectivity index (χ1) is 6.53. The smallest absolute Gasteiger partial charge is 0.151 e. The zero-order chi connectivity index (χ0) is 10.6. The Morgan fingerprint density at radius 2 is 2.21 bits per heavy atom. The Labute approximate surface area is 84.1 Å². The van der Waals surface area contributed by atoms with Crippen molar-refractivity contribution in [3.05, 3.63) is 0 Å². The third-order valence-corrected chi connectivity index (χ3v) is 4.14. The lowest BCUT2D eigenvalue weighted by Gasteiger charge is -2.23. The fourth-order valence-corrected chi connectivity index (χ4v) is 3.22. The van der Waals surface area contributed by atoms with Crippen LogP contribution >= 0.6 is 0 Å².